The van der Waals surface area contributed by atoms with Crippen LogP contribution in [-0.2, 0) is 4.79 Å². The molecule has 0 spiro atoms. The fraction of sp³-hybridized carbons (Fsp3) is 0.238. The molecule has 1 amide bonds. The van der Waals surface area contributed by atoms with E-state index in [0.717, 1.165) is 22.0 Å². The van der Waals surface area contributed by atoms with Gasteiger partial charge in [-0.2, -0.15) is 5.26 Å². The Labute approximate surface area is 162 Å². The van der Waals surface area contributed by atoms with E-state index in [9.17, 15) is 10.1 Å². The number of benzene rings is 2. The number of nitrogens with zero attached hydrogens (tertiary/aromatic N) is 3. The maximum atomic E-state index is 12.9. The van der Waals surface area contributed by atoms with Crippen LogP contribution in [0.15, 0.2) is 65.2 Å². The molecule has 0 bridgehead atoms. The highest BCUT2D eigenvalue weighted by atomic mass is 32.2. The number of fused-ring (bicyclic) bond motifs is 1. The molecule has 5 nitrogen and oxygen atoms in total. The number of hydrogen-bond acceptors (Lipinski definition) is 5. The second kappa shape index (κ2) is 7.37. The normalized spacial score (nSPS) is 19.6. The van der Waals surface area contributed by atoms with Gasteiger partial charge in [0.2, 0.25) is 5.91 Å². The number of rotatable bonds is 3. The number of hydrogen-bond donors (Lipinski definition) is 0. The van der Waals surface area contributed by atoms with Crippen molar-refractivity contribution in [2.24, 2.45) is 0 Å². The average molecular weight is 377 g/mol. The Morgan fingerprint density at radius 3 is 2.74 bits per heavy atom. The summed E-state index contributed by atoms with van der Waals surface area (Å²) in [7, 11) is 1.62. The predicted molar refractivity (Wildman–Crippen MR) is 106 cm³/mol. The van der Waals surface area contributed by atoms with Gasteiger partial charge in [-0.15, -0.1) is 0 Å². The Hall–Kier alpha value is -2.91. The van der Waals surface area contributed by atoms with E-state index in [0.29, 0.717) is 24.5 Å². The summed E-state index contributed by atoms with van der Waals surface area (Å²) in [6.07, 6.45) is 0.294. The van der Waals surface area contributed by atoms with Gasteiger partial charge in [-0.1, -0.05) is 42.1 Å². The molecular weight excluding hydrogens is 358 g/mol. The zero-order chi connectivity index (χ0) is 18.8. The van der Waals surface area contributed by atoms with Crippen LogP contribution in [0.5, 0.6) is 5.75 Å². The minimum Gasteiger partial charge on any atom is -0.497 e. The molecule has 1 fully saturated rings. The van der Waals surface area contributed by atoms with Crippen LogP contribution >= 0.6 is 11.8 Å². The lowest BCUT2D eigenvalue weighted by Gasteiger charge is -2.42. The molecular formula is C21H19N3O2S. The Morgan fingerprint density at radius 2 is 2.00 bits per heavy atom. The van der Waals surface area contributed by atoms with Gasteiger partial charge >= 0.3 is 0 Å². The van der Waals surface area contributed by atoms with E-state index in [1.807, 2.05) is 54.6 Å². The van der Waals surface area contributed by atoms with E-state index in [-0.39, 0.29) is 11.8 Å². The number of carbonyl (C=O) groups excluding carboxylic acids is 1. The molecule has 27 heavy (non-hydrogen) atoms. The molecule has 2 aromatic rings. The number of para-hydroxylation sites is 1. The summed E-state index contributed by atoms with van der Waals surface area (Å²) in [6, 6.07) is 20.0. The summed E-state index contributed by atoms with van der Waals surface area (Å²) in [4.78, 5) is 16.8. The number of thioether (sulfide) groups is 1. The maximum Gasteiger partial charge on any atom is 0.229 e. The summed E-state index contributed by atoms with van der Waals surface area (Å²) in [6.45, 7) is 0.473. The number of methoxy groups -OCH3 is 1. The third-order valence-corrected chi connectivity index (χ3v) is 6.07. The van der Waals surface area contributed by atoms with Gasteiger partial charge in [0, 0.05) is 18.0 Å². The third kappa shape index (κ3) is 3.26. The quantitative estimate of drug-likeness (QED) is 0.812. The van der Waals surface area contributed by atoms with Gasteiger partial charge in [0.15, 0.2) is 0 Å². The minimum atomic E-state index is -0.223. The molecule has 0 unspecified atom stereocenters. The smallest absolute Gasteiger partial charge is 0.229 e. The van der Waals surface area contributed by atoms with Gasteiger partial charge in [0.1, 0.15) is 5.75 Å². The van der Waals surface area contributed by atoms with Crippen LogP contribution < -0.4 is 9.64 Å². The van der Waals surface area contributed by atoms with Crippen molar-refractivity contribution in [3.63, 3.8) is 0 Å². The van der Waals surface area contributed by atoms with Crippen LogP contribution in [0.25, 0.3) is 0 Å². The average Bonchev–Trinajstić information content (AvgIpc) is 2.74. The number of nitriles is 1. The molecule has 2 aliphatic rings. The van der Waals surface area contributed by atoms with Gasteiger partial charge in [-0.05, 0) is 29.8 Å². The van der Waals surface area contributed by atoms with Crippen molar-refractivity contribution in [3.05, 3.63) is 70.8 Å². The van der Waals surface area contributed by atoms with Crippen molar-refractivity contribution in [1.29, 1.82) is 5.26 Å². The number of ether oxygens (including phenoxy) is 1. The predicted octanol–water partition coefficient (Wildman–Crippen LogP) is 3.91. The van der Waals surface area contributed by atoms with Crippen molar-refractivity contribution in [3.8, 4) is 11.8 Å². The van der Waals surface area contributed by atoms with Crippen molar-refractivity contribution < 1.29 is 9.53 Å². The van der Waals surface area contributed by atoms with Crippen LogP contribution in [0.2, 0.25) is 0 Å². The Morgan fingerprint density at radius 1 is 1.19 bits per heavy atom. The third-order valence-electron chi connectivity index (χ3n) is 4.91. The zero-order valence-corrected chi connectivity index (χ0v) is 15.8. The van der Waals surface area contributed by atoms with Gasteiger partial charge in [-0.3, -0.25) is 9.69 Å². The minimum absolute atomic E-state index is 0.0463. The zero-order valence-electron chi connectivity index (χ0n) is 15.0. The monoisotopic (exact) mass is 377 g/mol. The molecule has 6 heteroatoms. The molecule has 136 valence electrons. The van der Waals surface area contributed by atoms with Crippen LogP contribution in [0.4, 0.5) is 5.69 Å². The fourth-order valence-corrected chi connectivity index (χ4v) is 4.68. The highest BCUT2D eigenvalue weighted by molar-refractivity contribution is 8.03. The number of amides is 1. The van der Waals surface area contributed by atoms with Gasteiger partial charge < -0.3 is 9.64 Å². The first-order chi connectivity index (χ1) is 13.2. The molecule has 2 aliphatic heterocycles. The SMILES string of the molecule is COc1cccc([C@@H]2CC(=O)N3CN(c4ccccc4)CSC3=C2C#N)c1. The second-order valence-electron chi connectivity index (χ2n) is 6.48. The van der Waals surface area contributed by atoms with Gasteiger partial charge in [0.25, 0.3) is 0 Å². The standard InChI is InChI=1S/C21H19N3O2S/c1-26-17-9-5-6-15(10-17)18-11-20(25)24-13-23(16-7-3-2-4-8-16)14-27-21(24)19(18)12-22/h2-10,18H,11,13-14H2,1H3/t18-/m0/s1. The van der Waals surface area contributed by atoms with Crippen molar-refractivity contribution >= 4 is 23.4 Å². The highest BCUT2D eigenvalue weighted by Gasteiger charge is 2.38. The van der Waals surface area contributed by atoms with Crippen molar-refractivity contribution in [2.45, 2.75) is 12.3 Å². The Bertz CT molecular complexity index is 936. The first kappa shape index (κ1) is 17.5. The number of allylic oxidation sites excluding steroid dienone is 1. The van der Waals surface area contributed by atoms with Crippen LogP contribution in [-0.4, -0.2) is 30.5 Å². The molecule has 0 N–H and O–H groups in total. The van der Waals surface area contributed by atoms with E-state index in [2.05, 4.69) is 11.0 Å². The second-order valence-corrected chi connectivity index (χ2v) is 7.41. The van der Waals surface area contributed by atoms with Crippen LogP contribution in [0, 0.1) is 11.3 Å². The summed E-state index contributed by atoms with van der Waals surface area (Å²) in [5.74, 6) is 1.26. The Kier molecular flexibility index (Phi) is 4.78. The molecule has 2 heterocycles. The van der Waals surface area contributed by atoms with E-state index >= 15 is 0 Å². The summed E-state index contributed by atoms with van der Waals surface area (Å²) in [5.41, 5.74) is 2.68. The van der Waals surface area contributed by atoms with Crippen LogP contribution in [0.1, 0.15) is 17.9 Å². The maximum absolute atomic E-state index is 12.9. The van der Waals surface area contributed by atoms with Crippen molar-refractivity contribution in [1.82, 2.24) is 4.90 Å². The molecule has 2 aromatic carbocycles. The lowest BCUT2D eigenvalue weighted by molar-refractivity contribution is -0.129. The molecule has 0 saturated carbocycles. The first-order valence-corrected chi connectivity index (χ1v) is 9.71. The molecule has 0 aromatic heterocycles. The highest BCUT2D eigenvalue weighted by Crippen LogP contribution is 2.43. The topological polar surface area (TPSA) is 56.6 Å². The number of carbonyl (C=O) groups is 1. The summed E-state index contributed by atoms with van der Waals surface area (Å²) >= 11 is 1.55. The summed E-state index contributed by atoms with van der Waals surface area (Å²) in [5, 5.41) is 10.6. The fourth-order valence-electron chi connectivity index (χ4n) is 3.51. The van der Waals surface area contributed by atoms with Gasteiger partial charge in [-0.25, -0.2) is 0 Å². The van der Waals surface area contributed by atoms with E-state index in [1.165, 1.54) is 0 Å². The molecule has 0 aliphatic carbocycles. The molecule has 1 atom stereocenters. The number of anilines is 1. The lowest BCUT2D eigenvalue weighted by atomic mass is 9.86. The summed E-state index contributed by atoms with van der Waals surface area (Å²) < 4.78 is 5.30. The van der Waals surface area contributed by atoms with E-state index in [4.69, 9.17) is 4.74 Å². The lowest BCUT2D eigenvalue weighted by Crippen LogP contribution is -2.47. The Balaban J connectivity index is 1.67. The molecule has 1 saturated heterocycles. The van der Waals surface area contributed by atoms with E-state index < -0.39 is 0 Å². The van der Waals surface area contributed by atoms with Crippen LogP contribution in [0.3, 0.4) is 0 Å². The first-order valence-electron chi connectivity index (χ1n) is 8.72. The largest absolute Gasteiger partial charge is 0.497 e. The molecule has 4 rings (SSSR count). The molecule has 0 radical (unpaired) electrons. The van der Waals surface area contributed by atoms with E-state index in [1.54, 1.807) is 23.8 Å². The van der Waals surface area contributed by atoms with Crippen molar-refractivity contribution in [2.75, 3.05) is 24.6 Å². The van der Waals surface area contributed by atoms with Gasteiger partial charge in [0.05, 0.1) is 36.3 Å².